The summed E-state index contributed by atoms with van der Waals surface area (Å²) in [4.78, 5) is 28.4. The highest BCUT2D eigenvalue weighted by Gasteiger charge is 2.33. The second-order valence-corrected chi connectivity index (χ2v) is 11.8. The van der Waals surface area contributed by atoms with E-state index in [0.29, 0.717) is 35.2 Å². The van der Waals surface area contributed by atoms with Gasteiger partial charge in [0.2, 0.25) is 21.8 Å². The standard InChI is InChI=1S/C23H26ClN3O4S2/c1-15-5-6-17(24)11-19(15)25-22(28)13-27-20-12-18(33(30,31)26-9-3-4-10-26)7-8-21(20)32-14-16(2)23(27)29/h5-8,11-12,16H,3-4,9-10,13-14H2,1-2H3,(H,25,28)/t16-/m1/s1. The number of fused-ring (bicyclic) bond motifs is 1. The summed E-state index contributed by atoms with van der Waals surface area (Å²) in [5, 5.41) is 3.32. The summed E-state index contributed by atoms with van der Waals surface area (Å²) in [6.45, 7) is 4.43. The van der Waals surface area contributed by atoms with Gasteiger partial charge in [-0.25, -0.2) is 8.42 Å². The van der Waals surface area contributed by atoms with E-state index >= 15 is 0 Å². The number of anilines is 2. The molecule has 1 atom stereocenters. The molecule has 33 heavy (non-hydrogen) atoms. The van der Waals surface area contributed by atoms with Crippen molar-refractivity contribution in [1.82, 2.24) is 4.31 Å². The zero-order valence-corrected chi connectivity index (χ0v) is 20.9. The summed E-state index contributed by atoms with van der Waals surface area (Å²) >= 11 is 7.55. The molecule has 1 N–H and O–H groups in total. The molecular weight excluding hydrogens is 482 g/mol. The molecule has 10 heteroatoms. The quantitative estimate of drug-likeness (QED) is 0.657. The van der Waals surface area contributed by atoms with Crippen molar-refractivity contribution in [3.63, 3.8) is 0 Å². The molecule has 0 radical (unpaired) electrons. The normalized spacial score (nSPS) is 19.3. The largest absolute Gasteiger partial charge is 0.324 e. The van der Waals surface area contributed by atoms with Crippen molar-refractivity contribution in [2.24, 2.45) is 5.92 Å². The maximum absolute atomic E-state index is 13.2. The molecule has 2 aliphatic rings. The van der Waals surface area contributed by atoms with Crippen molar-refractivity contribution in [1.29, 1.82) is 0 Å². The number of nitrogens with one attached hydrogen (secondary N) is 1. The maximum Gasteiger partial charge on any atom is 0.244 e. The lowest BCUT2D eigenvalue weighted by molar-refractivity contribution is -0.123. The van der Waals surface area contributed by atoms with Crippen LogP contribution in [0.4, 0.5) is 11.4 Å². The first-order valence-corrected chi connectivity index (χ1v) is 13.6. The maximum atomic E-state index is 13.2. The second-order valence-electron chi connectivity index (χ2n) is 8.38. The van der Waals surface area contributed by atoms with Gasteiger partial charge >= 0.3 is 0 Å². The van der Waals surface area contributed by atoms with Crippen LogP contribution in [-0.2, 0) is 19.6 Å². The molecule has 176 valence electrons. The Morgan fingerprint density at radius 3 is 2.64 bits per heavy atom. The van der Waals surface area contributed by atoms with Crippen LogP contribution in [0.2, 0.25) is 5.02 Å². The van der Waals surface area contributed by atoms with E-state index in [1.165, 1.54) is 27.0 Å². The Kier molecular flexibility index (Phi) is 7.04. The number of carbonyl (C=O) groups excluding carboxylic acids is 2. The highest BCUT2D eigenvalue weighted by molar-refractivity contribution is 7.99. The predicted octanol–water partition coefficient (Wildman–Crippen LogP) is 4.15. The fourth-order valence-corrected chi connectivity index (χ4v) is 6.73. The third kappa shape index (κ3) is 5.06. The molecule has 2 aromatic carbocycles. The molecule has 0 spiro atoms. The number of carbonyl (C=O) groups is 2. The molecule has 0 saturated carbocycles. The van der Waals surface area contributed by atoms with Crippen molar-refractivity contribution in [2.75, 3.05) is 35.6 Å². The summed E-state index contributed by atoms with van der Waals surface area (Å²) in [6.07, 6.45) is 1.68. The van der Waals surface area contributed by atoms with Crippen LogP contribution in [0.15, 0.2) is 46.2 Å². The summed E-state index contributed by atoms with van der Waals surface area (Å²) in [5.74, 6) is -0.362. The number of aryl methyl sites for hydroxylation is 1. The molecule has 1 saturated heterocycles. The minimum atomic E-state index is -3.66. The van der Waals surface area contributed by atoms with Gasteiger partial charge in [-0.15, -0.1) is 11.8 Å². The van der Waals surface area contributed by atoms with Crippen LogP contribution in [0.25, 0.3) is 0 Å². The van der Waals surface area contributed by atoms with E-state index in [-0.39, 0.29) is 29.2 Å². The second kappa shape index (κ2) is 9.66. The van der Waals surface area contributed by atoms with E-state index in [1.807, 2.05) is 13.8 Å². The van der Waals surface area contributed by atoms with Crippen molar-refractivity contribution in [3.05, 3.63) is 47.0 Å². The Morgan fingerprint density at radius 1 is 1.18 bits per heavy atom. The molecular formula is C23H26ClN3O4S2. The van der Waals surface area contributed by atoms with Crippen molar-refractivity contribution < 1.29 is 18.0 Å². The van der Waals surface area contributed by atoms with E-state index in [4.69, 9.17) is 11.6 Å². The molecule has 4 rings (SSSR count). The average molecular weight is 508 g/mol. The lowest BCUT2D eigenvalue weighted by atomic mass is 10.1. The fourth-order valence-electron chi connectivity index (χ4n) is 3.96. The first-order chi connectivity index (χ1) is 15.7. The van der Waals surface area contributed by atoms with Gasteiger partial charge in [-0.2, -0.15) is 4.31 Å². The third-order valence-electron chi connectivity index (χ3n) is 5.88. The molecule has 2 aliphatic heterocycles. The van der Waals surface area contributed by atoms with Crippen LogP contribution in [0.5, 0.6) is 0 Å². The monoisotopic (exact) mass is 507 g/mol. The van der Waals surface area contributed by atoms with Crippen LogP contribution in [-0.4, -0.2) is 49.9 Å². The zero-order chi connectivity index (χ0) is 23.8. The predicted molar refractivity (Wildman–Crippen MR) is 131 cm³/mol. The number of amides is 2. The number of hydrogen-bond acceptors (Lipinski definition) is 5. The van der Waals surface area contributed by atoms with Gasteiger partial charge in [-0.1, -0.05) is 24.6 Å². The number of halogens is 1. The summed E-state index contributed by atoms with van der Waals surface area (Å²) in [5.41, 5.74) is 1.87. The Morgan fingerprint density at radius 2 is 1.91 bits per heavy atom. The van der Waals surface area contributed by atoms with Crippen LogP contribution in [0.1, 0.15) is 25.3 Å². The summed E-state index contributed by atoms with van der Waals surface area (Å²) < 4.78 is 27.7. The number of thioether (sulfide) groups is 1. The van der Waals surface area contributed by atoms with E-state index < -0.39 is 10.0 Å². The van der Waals surface area contributed by atoms with Gasteiger partial charge in [-0.3, -0.25) is 9.59 Å². The highest BCUT2D eigenvalue weighted by atomic mass is 35.5. The highest BCUT2D eigenvalue weighted by Crippen LogP contribution is 2.38. The van der Waals surface area contributed by atoms with Gasteiger partial charge in [0, 0.05) is 40.4 Å². The van der Waals surface area contributed by atoms with E-state index in [2.05, 4.69) is 5.32 Å². The van der Waals surface area contributed by atoms with E-state index in [9.17, 15) is 18.0 Å². The van der Waals surface area contributed by atoms with Crippen LogP contribution >= 0.6 is 23.4 Å². The molecule has 2 aromatic rings. The number of benzene rings is 2. The number of hydrogen-bond donors (Lipinski definition) is 1. The van der Waals surface area contributed by atoms with Crippen molar-refractivity contribution in [2.45, 2.75) is 36.5 Å². The SMILES string of the molecule is Cc1ccc(Cl)cc1NC(=O)CN1C(=O)[C@H](C)CSc2ccc(S(=O)(=O)N3CCCC3)cc21. The molecule has 2 amide bonds. The van der Waals surface area contributed by atoms with Gasteiger partial charge < -0.3 is 10.2 Å². The first kappa shape index (κ1) is 24.1. The topological polar surface area (TPSA) is 86.8 Å². The Bertz CT molecular complexity index is 1200. The molecule has 2 heterocycles. The third-order valence-corrected chi connectivity index (χ3v) is 9.33. The van der Waals surface area contributed by atoms with Gasteiger partial charge in [0.25, 0.3) is 0 Å². The average Bonchev–Trinajstić information content (AvgIpc) is 3.30. The lowest BCUT2D eigenvalue weighted by Crippen LogP contribution is -2.41. The van der Waals surface area contributed by atoms with Crippen LogP contribution in [0, 0.1) is 12.8 Å². The van der Waals surface area contributed by atoms with Crippen molar-refractivity contribution >= 4 is 56.6 Å². The summed E-state index contributed by atoms with van der Waals surface area (Å²) in [6, 6.07) is 10.1. The van der Waals surface area contributed by atoms with Gasteiger partial charge in [-0.05, 0) is 55.7 Å². The molecule has 7 nitrogen and oxygen atoms in total. The van der Waals surface area contributed by atoms with E-state index in [0.717, 1.165) is 23.3 Å². The van der Waals surface area contributed by atoms with Crippen LogP contribution in [0.3, 0.4) is 0 Å². The van der Waals surface area contributed by atoms with Crippen LogP contribution < -0.4 is 10.2 Å². The van der Waals surface area contributed by atoms with Gasteiger partial charge in [0.05, 0.1) is 10.6 Å². The van der Waals surface area contributed by atoms with E-state index in [1.54, 1.807) is 30.3 Å². The first-order valence-electron chi connectivity index (χ1n) is 10.8. The Hall–Kier alpha value is -2.07. The number of nitrogens with zero attached hydrogens (tertiary/aromatic N) is 2. The Balaban J connectivity index is 1.66. The lowest BCUT2D eigenvalue weighted by Gasteiger charge is -2.25. The smallest absolute Gasteiger partial charge is 0.244 e. The number of rotatable bonds is 5. The number of sulfonamides is 1. The molecule has 0 bridgehead atoms. The van der Waals surface area contributed by atoms with Crippen molar-refractivity contribution in [3.8, 4) is 0 Å². The molecule has 0 unspecified atom stereocenters. The fraction of sp³-hybridized carbons (Fsp3) is 0.391. The summed E-state index contributed by atoms with van der Waals surface area (Å²) in [7, 11) is -3.66. The molecule has 0 aromatic heterocycles. The minimum Gasteiger partial charge on any atom is -0.324 e. The Labute approximate surface area is 203 Å². The molecule has 0 aliphatic carbocycles. The molecule has 1 fully saturated rings. The van der Waals surface area contributed by atoms with Gasteiger partial charge in [0.15, 0.2) is 0 Å². The zero-order valence-electron chi connectivity index (χ0n) is 18.5. The van der Waals surface area contributed by atoms with Gasteiger partial charge in [0.1, 0.15) is 6.54 Å². The minimum absolute atomic E-state index is 0.141.